The molecule has 0 N–H and O–H groups in total. The summed E-state index contributed by atoms with van der Waals surface area (Å²) in [5.41, 5.74) is 1.89. The van der Waals surface area contributed by atoms with Gasteiger partial charge in [0.15, 0.2) is 0 Å². The van der Waals surface area contributed by atoms with Gasteiger partial charge in [-0.15, -0.1) is 11.8 Å². The molecule has 2 aromatic rings. The number of thioether (sulfide) groups is 1. The van der Waals surface area contributed by atoms with Gasteiger partial charge in [0.25, 0.3) is 0 Å². The molecule has 0 radical (unpaired) electrons. The second-order valence-electron chi connectivity index (χ2n) is 5.14. The van der Waals surface area contributed by atoms with Gasteiger partial charge in [-0.2, -0.15) is 0 Å². The highest BCUT2D eigenvalue weighted by Crippen LogP contribution is 2.37. The van der Waals surface area contributed by atoms with Crippen LogP contribution in [0.4, 0.5) is 0 Å². The van der Waals surface area contributed by atoms with E-state index in [1.165, 1.54) is 0 Å². The number of benzene rings is 1. The largest absolute Gasteiger partial charge is 0.452 e. The van der Waals surface area contributed by atoms with Crippen LogP contribution < -0.4 is 4.74 Å². The van der Waals surface area contributed by atoms with Crippen LogP contribution in [-0.4, -0.2) is 23.0 Å². The van der Waals surface area contributed by atoms with Gasteiger partial charge in [0.2, 0.25) is 5.79 Å². The Morgan fingerprint density at radius 1 is 1.10 bits per heavy atom. The Balaban J connectivity index is 2.15. The number of hydrogen-bond donors (Lipinski definition) is 0. The Labute approximate surface area is 127 Å². The molecule has 21 heavy (non-hydrogen) atoms. The molecule has 0 spiro atoms. The van der Waals surface area contributed by atoms with E-state index in [0.717, 1.165) is 16.3 Å². The predicted molar refractivity (Wildman–Crippen MR) is 81.6 cm³/mol. The summed E-state index contributed by atoms with van der Waals surface area (Å²) in [5, 5.41) is 0.899. The quantitative estimate of drug-likeness (QED) is 0.624. The van der Waals surface area contributed by atoms with E-state index in [2.05, 4.69) is 4.98 Å². The molecule has 108 valence electrons. The summed E-state index contributed by atoms with van der Waals surface area (Å²) in [6.45, 7) is 3.43. The first-order valence-electron chi connectivity index (χ1n) is 6.57. The molecule has 3 rings (SSSR count). The van der Waals surface area contributed by atoms with Crippen LogP contribution >= 0.6 is 11.8 Å². The van der Waals surface area contributed by atoms with Crippen molar-refractivity contribution < 1.29 is 14.3 Å². The van der Waals surface area contributed by atoms with E-state index in [4.69, 9.17) is 9.47 Å². The monoisotopic (exact) mass is 301 g/mol. The minimum absolute atomic E-state index is 0.381. The zero-order valence-corrected chi connectivity index (χ0v) is 12.9. The van der Waals surface area contributed by atoms with E-state index in [9.17, 15) is 4.79 Å². The van der Waals surface area contributed by atoms with Crippen LogP contribution in [0.25, 0.3) is 11.3 Å². The van der Waals surface area contributed by atoms with Gasteiger partial charge < -0.3 is 9.47 Å². The number of hydrogen-bond acceptors (Lipinski definition) is 5. The first-order valence-corrected chi connectivity index (χ1v) is 7.79. The van der Waals surface area contributed by atoms with Gasteiger partial charge in [-0.1, -0.05) is 18.2 Å². The van der Waals surface area contributed by atoms with E-state index in [0.29, 0.717) is 11.3 Å². The Morgan fingerprint density at radius 2 is 1.86 bits per heavy atom. The number of carbonyl (C=O) groups excluding carboxylic acids is 1. The van der Waals surface area contributed by atoms with Crippen LogP contribution in [0, 0.1) is 0 Å². The Hall–Kier alpha value is -2.01. The second kappa shape index (κ2) is 5.07. The summed E-state index contributed by atoms with van der Waals surface area (Å²) < 4.78 is 11.1. The smallest absolute Gasteiger partial charge is 0.345 e. The lowest BCUT2D eigenvalue weighted by Gasteiger charge is -2.32. The molecule has 0 amide bonds. The van der Waals surface area contributed by atoms with E-state index >= 15 is 0 Å². The van der Waals surface area contributed by atoms with Gasteiger partial charge in [-0.3, -0.25) is 0 Å². The molecular formula is C16H15NO3S. The molecular weight excluding hydrogens is 286 g/mol. The van der Waals surface area contributed by atoms with Crippen molar-refractivity contribution in [1.29, 1.82) is 0 Å². The second-order valence-corrected chi connectivity index (χ2v) is 5.96. The Kier molecular flexibility index (Phi) is 3.37. The van der Waals surface area contributed by atoms with Gasteiger partial charge in [0.05, 0.1) is 10.7 Å². The molecule has 0 atom stereocenters. The summed E-state index contributed by atoms with van der Waals surface area (Å²) in [4.78, 5) is 16.9. The summed E-state index contributed by atoms with van der Waals surface area (Å²) in [6, 6.07) is 11.2. The zero-order chi connectivity index (χ0) is 15.0. The third-order valence-electron chi connectivity index (χ3n) is 3.13. The highest BCUT2D eigenvalue weighted by atomic mass is 32.2. The third-order valence-corrected chi connectivity index (χ3v) is 3.78. The molecule has 0 unspecified atom stereocenters. The number of esters is 1. The molecule has 4 nitrogen and oxygen atoms in total. The predicted octanol–water partition coefficient (Wildman–Crippen LogP) is 3.76. The van der Waals surface area contributed by atoms with Crippen molar-refractivity contribution in [3.8, 4) is 17.0 Å². The van der Waals surface area contributed by atoms with Crippen LogP contribution in [0.2, 0.25) is 0 Å². The highest BCUT2D eigenvalue weighted by Gasteiger charge is 2.35. The maximum absolute atomic E-state index is 12.3. The zero-order valence-electron chi connectivity index (χ0n) is 12.0. The molecule has 0 aliphatic carbocycles. The van der Waals surface area contributed by atoms with Crippen LogP contribution in [0.1, 0.15) is 24.2 Å². The summed E-state index contributed by atoms with van der Waals surface area (Å²) in [5.74, 6) is -0.796. The molecule has 2 heterocycles. The maximum atomic E-state index is 12.3. The molecule has 0 saturated heterocycles. The molecule has 1 aromatic carbocycles. The Bertz CT molecular complexity index is 712. The van der Waals surface area contributed by atoms with Gasteiger partial charge in [-0.05, 0) is 24.5 Å². The Morgan fingerprint density at radius 3 is 2.62 bits per heavy atom. The van der Waals surface area contributed by atoms with Crippen molar-refractivity contribution in [3.05, 3.63) is 42.0 Å². The summed E-state index contributed by atoms with van der Waals surface area (Å²) in [6.07, 6.45) is 1.96. The molecule has 0 bridgehead atoms. The molecule has 1 aliphatic rings. The van der Waals surface area contributed by atoms with Crippen molar-refractivity contribution in [3.63, 3.8) is 0 Å². The standard InChI is InChI=1S/C16H15NO3S/c1-16(2)19-12-8-4-6-10(14(12)15(18)20-16)11-7-5-9-13(17-11)21-3/h4-9H,1-3H3. The van der Waals surface area contributed by atoms with Crippen molar-refractivity contribution in [2.24, 2.45) is 0 Å². The van der Waals surface area contributed by atoms with Gasteiger partial charge >= 0.3 is 5.97 Å². The van der Waals surface area contributed by atoms with Gasteiger partial charge in [0.1, 0.15) is 11.3 Å². The summed E-state index contributed by atoms with van der Waals surface area (Å²) in [7, 11) is 0. The first-order chi connectivity index (χ1) is 10.00. The number of aromatic nitrogens is 1. The van der Waals surface area contributed by atoms with Crippen molar-refractivity contribution in [2.45, 2.75) is 24.7 Å². The summed E-state index contributed by atoms with van der Waals surface area (Å²) >= 11 is 1.56. The fraction of sp³-hybridized carbons (Fsp3) is 0.250. The van der Waals surface area contributed by atoms with Crippen LogP contribution in [0.15, 0.2) is 41.4 Å². The highest BCUT2D eigenvalue weighted by molar-refractivity contribution is 7.98. The van der Waals surface area contributed by atoms with E-state index in [1.54, 1.807) is 31.7 Å². The van der Waals surface area contributed by atoms with Gasteiger partial charge in [0, 0.05) is 19.4 Å². The van der Waals surface area contributed by atoms with E-state index in [1.807, 2.05) is 36.6 Å². The fourth-order valence-electron chi connectivity index (χ4n) is 2.28. The average molecular weight is 301 g/mol. The number of fused-ring (bicyclic) bond motifs is 1. The van der Waals surface area contributed by atoms with E-state index < -0.39 is 5.79 Å². The molecule has 0 saturated carbocycles. The maximum Gasteiger partial charge on any atom is 0.345 e. The topological polar surface area (TPSA) is 48.4 Å². The number of nitrogens with zero attached hydrogens (tertiary/aromatic N) is 1. The van der Waals surface area contributed by atoms with Crippen molar-refractivity contribution >= 4 is 17.7 Å². The lowest BCUT2D eigenvalue weighted by molar-refractivity contribution is -0.127. The van der Waals surface area contributed by atoms with E-state index in [-0.39, 0.29) is 5.97 Å². The fourth-order valence-corrected chi connectivity index (χ4v) is 2.68. The number of carbonyl (C=O) groups is 1. The van der Waals surface area contributed by atoms with Crippen LogP contribution in [0.3, 0.4) is 0 Å². The molecule has 1 aromatic heterocycles. The first kappa shape index (κ1) is 13.9. The minimum Gasteiger partial charge on any atom is -0.452 e. The van der Waals surface area contributed by atoms with Gasteiger partial charge in [-0.25, -0.2) is 9.78 Å². The van der Waals surface area contributed by atoms with Crippen LogP contribution in [0.5, 0.6) is 5.75 Å². The molecule has 0 fully saturated rings. The number of pyridine rings is 1. The molecule has 1 aliphatic heterocycles. The number of ether oxygens (including phenoxy) is 2. The van der Waals surface area contributed by atoms with Crippen LogP contribution in [-0.2, 0) is 4.74 Å². The minimum atomic E-state index is -0.947. The average Bonchev–Trinajstić information content (AvgIpc) is 2.45. The SMILES string of the molecule is CSc1cccc(-c2cccc3c2C(=O)OC(C)(C)O3)n1. The number of cyclic esters (lactones) is 1. The normalized spacial score (nSPS) is 15.9. The third kappa shape index (κ3) is 2.61. The molecule has 5 heteroatoms. The number of rotatable bonds is 2. The van der Waals surface area contributed by atoms with Crippen molar-refractivity contribution in [2.75, 3.05) is 6.26 Å². The lowest BCUT2D eigenvalue weighted by Crippen LogP contribution is -2.39. The van der Waals surface area contributed by atoms with Crippen molar-refractivity contribution in [1.82, 2.24) is 4.98 Å². The lowest BCUT2D eigenvalue weighted by atomic mass is 10.0.